The van der Waals surface area contributed by atoms with Gasteiger partial charge < -0.3 is 9.47 Å². The number of fused-ring (bicyclic) bond motifs is 1. The summed E-state index contributed by atoms with van der Waals surface area (Å²) in [6.07, 6.45) is 0. The van der Waals surface area contributed by atoms with E-state index in [1.807, 2.05) is 26.0 Å². The SMILES string of the molecule is CCOc1ccc(C(=O)CSc2nc3ccccc3c(=O)n2[C@H](C)COC)cc1. The van der Waals surface area contributed by atoms with Gasteiger partial charge in [-0.25, -0.2) is 4.98 Å². The average molecular weight is 413 g/mol. The van der Waals surface area contributed by atoms with Gasteiger partial charge in [-0.3, -0.25) is 14.2 Å². The predicted molar refractivity (Wildman–Crippen MR) is 115 cm³/mol. The Labute approximate surface area is 173 Å². The highest BCUT2D eigenvalue weighted by Crippen LogP contribution is 2.23. The van der Waals surface area contributed by atoms with E-state index in [-0.39, 0.29) is 23.1 Å². The van der Waals surface area contributed by atoms with Crippen LogP contribution >= 0.6 is 11.8 Å². The van der Waals surface area contributed by atoms with E-state index >= 15 is 0 Å². The number of rotatable bonds is 9. The summed E-state index contributed by atoms with van der Waals surface area (Å²) in [5, 5.41) is 1.06. The minimum Gasteiger partial charge on any atom is -0.494 e. The summed E-state index contributed by atoms with van der Waals surface area (Å²) in [5.74, 6) is 0.875. The smallest absolute Gasteiger partial charge is 0.262 e. The fourth-order valence-electron chi connectivity index (χ4n) is 3.05. The molecule has 0 aliphatic rings. The molecular weight excluding hydrogens is 388 g/mol. The van der Waals surface area contributed by atoms with Gasteiger partial charge in [-0.05, 0) is 50.2 Å². The van der Waals surface area contributed by atoms with Crippen LogP contribution in [0.15, 0.2) is 58.5 Å². The third-order valence-corrected chi connectivity index (χ3v) is 5.40. The summed E-state index contributed by atoms with van der Waals surface area (Å²) in [4.78, 5) is 30.3. The maximum absolute atomic E-state index is 13.0. The molecule has 3 rings (SSSR count). The van der Waals surface area contributed by atoms with Crippen molar-refractivity contribution < 1.29 is 14.3 Å². The van der Waals surface area contributed by atoms with Gasteiger partial charge in [-0.15, -0.1) is 0 Å². The highest BCUT2D eigenvalue weighted by Gasteiger charge is 2.18. The first kappa shape index (κ1) is 21.1. The molecule has 152 valence electrons. The maximum atomic E-state index is 13.0. The molecule has 0 radical (unpaired) electrons. The summed E-state index contributed by atoms with van der Waals surface area (Å²) in [5.41, 5.74) is 1.09. The number of benzene rings is 2. The summed E-state index contributed by atoms with van der Waals surface area (Å²) >= 11 is 1.26. The number of methoxy groups -OCH3 is 1. The van der Waals surface area contributed by atoms with Crippen LogP contribution in [-0.4, -0.2) is 41.4 Å². The molecule has 7 heteroatoms. The molecule has 1 heterocycles. The molecular formula is C22H24N2O4S. The van der Waals surface area contributed by atoms with Crippen molar-refractivity contribution in [2.75, 3.05) is 26.1 Å². The molecule has 0 fully saturated rings. The van der Waals surface area contributed by atoms with Crippen molar-refractivity contribution in [1.82, 2.24) is 9.55 Å². The fraction of sp³-hybridized carbons (Fsp3) is 0.318. The number of thioether (sulfide) groups is 1. The molecule has 0 N–H and O–H groups in total. The van der Waals surface area contributed by atoms with Gasteiger partial charge in [0, 0.05) is 12.7 Å². The second-order valence-corrected chi connectivity index (χ2v) is 7.50. The fourth-order valence-corrected chi connectivity index (χ4v) is 4.04. The number of Topliss-reactive ketones (excluding diaryl/α,β-unsaturated/α-hetero) is 1. The van der Waals surface area contributed by atoms with Crippen LogP contribution in [0, 0.1) is 0 Å². The molecule has 0 unspecified atom stereocenters. The average Bonchev–Trinajstić information content (AvgIpc) is 2.73. The third kappa shape index (κ3) is 4.86. The largest absolute Gasteiger partial charge is 0.494 e. The van der Waals surface area contributed by atoms with Crippen molar-refractivity contribution in [2.45, 2.75) is 25.0 Å². The number of para-hydroxylation sites is 1. The Hall–Kier alpha value is -2.64. The van der Waals surface area contributed by atoms with Crippen LogP contribution in [0.4, 0.5) is 0 Å². The Bertz CT molecular complexity index is 1050. The molecule has 1 aromatic heterocycles. The second-order valence-electron chi connectivity index (χ2n) is 6.56. The number of nitrogens with zero attached hydrogens (tertiary/aromatic N) is 2. The van der Waals surface area contributed by atoms with Crippen LogP contribution in [0.2, 0.25) is 0 Å². The number of hydrogen-bond acceptors (Lipinski definition) is 6. The Morgan fingerprint density at radius 2 is 1.90 bits per heavy atom. The number of carbonyl (C=O) groups is 1. The molecule has 1 atom stereocenters. The summed E-state index contributed by atoms with van der Waals surface area (Å²) < 4.78 is 12.3. The molecule has 29 heavy (non-hydrogen) atoms. The minimum atomic E-state index is -0.201. The summed E-state index contributed by atoms with van der Waals surface area (Å²) in [7, 11) is 1.60. The first-order valence-electron chi connectivity index (χ1n) is 9.44. The third-order valence-electron chi connectivity index (χ3n) is 4.44. The zero-order chi connectivity index (χ0) is 20.8. The van der Waals surface area contributed by atoms with Crippen molar-refractivity contribution in [3.05, 3.63) is 64.4 Å². The monoisotopic (exact) mass is 412 g/mol. The summed E-state index contributed by atoms with van der Waals surface area (Å²) in [6.45, 7) is 4.77. The number of ketones is 1. The standard InChI is InChI=1S/C22H24N2O4S/c1-4-28-17-11-9-16(10-12-17)20(25)14-29-22-23-19-8-6-5-7-18(19)21(26)24(22)15(2)13-27-3/h5-12,15H,4,13-14H2,1-3H3/t15-/m1/s1. The molecule has 0 aliphatic carbocycles. The number of hydrogen-bond donors (Lipinski definition) is 0. The van der Waals surface area contributed by atoms with Crippen LogP contribution in [0.5, 0.6) is 5.75 Å². The lowest BCUT2D eigenvalue weighted by atomic mass is 10.1. The normalized spacial score (nSPS) is 12.1. The first-order valence-corrected chi connectivity index (χ1v) is 10.4. The molecule has 6 nitrogen and oxygen atoms in total. The van der Waals surface area contributed by atoms with Gasteiger partial charge in [0.1, 0.15) is 5.75 Å². The quantitative estimate of drug-likeness (QED) is 0.301. The Morgan fingerprint density at radius 3 is 2.59 bits per heavy atom. The van der Waals surface area contributed by atoms with E-state index in [0.717, 1.165) is 5.75 Å². The van der Waals surface area contributed by atoms with Crippen LogP contribution in [0.3, 0.4) is 0 Å². The molecule has 0 saturated heterocycles. The minimum absolute atomic E-state index is 0.0357. The number of carbonyl (C=O) groups excluding carboxylic acids is 1. The van der Waals surface area contributed by atoms with Crippen LogP contribution in [-0.2, 0) is 4.74 Å². The van der Waals surface area contributed by atoms with Gasteiger partial charge in [0.15, 0.2) is 10.9 Å². The second kappa shape index (κ2) is 9.71. The molecule has 0 amide bonds. The van der Waals surface area contributed by atoms with E-state index in [1.165, 1.54) is 11.8 Å². The van der Waals surface area contributed by atoms with Crippen molar-refractivity contribution in [1.29, 1.82) is 0 Å². The predicted octanol–water partition coefficient (Wildman–Crippen LogP) is 3.98. The zero-order valence-electron chi connectivity index (χ0n) is 16.8. The highest BCUT2D eigenvalue weighted by atomic mass is 32.2. The Balaban J connectivity index is 1.87. The molecule has 0 saturated carbocycles. The van der Waals surface area contributed by atoms with Crippen LogP contribution in [0.1, 0.15) is 30.2 Å². The van der Waals surface area contributed by atoms with E-state index in [0.29, 0.717) is 34.8 Å². The molecule has 0 bridgehead atoms. The van der Waals surface area contributed by atoms with Crippen molar-refractivity contribution in [3.63, 3.8) is 0 Å². The molecule has 2 aromatic carbocycles. The maximum Gasteiger partial charge on any atom is 0.262 e. The lowest BCUT2D eigenvalue weighted by molar-refractivity contribution is 0.102. The van der Waals surface area contributed by atoms with E-state index in [2.05, 4.69) is 4.98 Å². The topological polar surface area (TPSA) is 70.4 Å². The zero-order valence-corrected chi connectivity index (χ0v) is 17.6. The van der Waals surface area contributed by atoms with E-state index < -0.39 is 0 Å². The van der Waals surface area contributed by atoms with Gasteiger partial charge in [0.05, 0.1) is 35.9 Å². The number of ether oxygens (including phenoxy) is 2. The first-order chi connectivity index (χ1) is 14.0. The molecule has 0 spiro atoms. The van der Waals surface area contributed by atoms with Gasteiger partial charge in [0.25, 0.3) is 5.56 Å². The Morgan fingerprint density at radius 1 is 1.17 bits per heavy atom. The van der Waals surface area contributed by atoms with Gasteiger partial charge >= 0.3 is 0 Å². The van der Waals surface area contributed by atoms with Crippen LogP contribution in [0.25, 0.3) is 10.9 Å². The van der Waals surface area contributed by atoms with Crippen molar-refractivity contribution in [2.24, 2.45) is 0 Å². The van der Waals surface area contributed by atoms with E-state index in [4.69, 9.17) is 9.47 Å². The van der Waals surface area contributed by atoms with Crippen LogP contribution < -0.4 is 10.3 Å². The molecule has 3 aromatic rings. The highest BCUT2D eigenvalue weighted by molar-refractivity contribution is 7.99. The van der Waals surface area contributed by atoms with Gasteiger partial charge in [-0.1, -0.05) is 23.9 Å². The van der Waals surface area contributed by atoms with Gasteiger partial charge in [-0.2, -0.15) is 0 Å². The van der Waals surface area contributed by atoms with E-state index in [9.17, 15) is 9.59 Å². The lowest BCUT2D eigenvalue weighted by Gasteiger charge is -2.18. The van der Waals surface area contributed by atoms with E-state index in [1.54, 1.807) is 48.1 Å². The van der Waals surface area contributed by atoms with Crippen molar-refractivity contribution in [3.8, 4) is 5.75 Å². The Kier molecular flexibility index (Phi) is 7.06. The van der Waals surface area contributed by atoms with Gasteiger partial charge in [0.2, 0.25) is 0 Å². The summed E-state index contributed by atoms with van der Waals surface area (Å²) in [6, 6.07) is 14.1. The van der Waals surface area contributed by atoms with Crippen molar-refractivity contribution >= 4 is 28.4 Å². The molecule has 0 aliphatic heterocycles. The lowest BCUT2D eigenvalue weighted by Crippen LogP contribution is -2.28. The number of aromatic nitrogens is 2.